The maximum Gasteiger partial charge on any atom is 0.259 e. The van der Waals surface area contributed by atoms with Crippen LogP contribution in [0, 0.1) is 13.8 Å². The largest absolute Gasteiger partial charge is 0.335 e. The van der Waals surface area contributed by atoms with E-state index in [0.717, 1.165) is 11.1 Å². The lowest BCUT2D eigenvalue weighted by atomic mass is 10.0. The van der Waals surface area contributed by atoms with Crippen LogP contribution in [-0.2, 0) is 4.79 Å². The second kappa shape index (κ2) is 8.20. The number of rotatable bonds is 4. The van der Waals surface area contributed by atoms with Gasteiger partial charge in [0.25, 0.3) is 11.6 Å². The van der Waals surface area contributed by atoms with Gasteiger partial charge in [-0.25, -0.2) is 4.98 Å². The van der Waals surface area contributed by atoms with Crippen LogP contribution >= 0.6 is 11.6 Å². The van der Waals surface area contributed by atoms with Crippen molar-refractivity contribution in [2.75, 3.05) is 10.6 Å². The van der Waals surface area contributed by atoms with Crippen molar-refractivity contribution < 1.29 is 14.1 Å². The fourth-order valence-electron chi connectivity index (χ4n) is 3.25. The van der Waals surface area contributed by atoms with Crippen LogP contribution < -0.4 is 10.6 Å². The molecule has 2 heterocycles. The number of aromatic nitrogens is 2. The van der Waals surface area contributed by atoms with Crippen molar-refractivity contribution in [1.82, 2.24) is 10.1 Å². The minimum absolute atomic E-state index is 0.263. The highest BCUT2D eigenvalue weighted by atomic mass is 35.5. The van der Waals surface area contributed by atoms with E-state index in [-0.39, 0.29) is 11.6 Å². The van der Waals surface area contributed by atoms with Gasteiger partial charge in [-0.2, -0.15) is 0 Å². The van der Waals surface area contributed by atoms with Gasteiger partial charge < -0.3 is 15.2 Å². The topological polar surface area (TPSA) is 97.1 Å². The van der Waals surface area contributed by atoms with Crippen molar-refractivity contribution in [2.45, 2.75) is 20.8 Å². The Kier molecular flexibility index (Phi) is 5.44. The molecule has 7 nitrogen and oxygen atoms in total. The van der Waals surface area contributed by atoms with Crippen molar-refractivity contribution >= 4 is 45.9 Å². The molecule has 31 heavy (non-hydrogen) atoms. The van der Waals surface area contributed by atoms with Crippen molar-refractivity contribution in [3.8, 4) is 11.3 Å². The van der Waals surface area contributed by atoms with Crippen LogP contribution in [0.15, 0.2) is 53.1 Å². The Morgan fingerprint density at radius 1 is 0.968 bits per heavy atom. The molecule has 0 saturated heterocycles. The monoisotopic (exact) mass is 434 g/mol. The number of halogens is 1. The summed E-state index contributed by atoms with van der Waals surface area (Å²) < 4.78 is 5.35. The van der Waals surface area contributed by atoms with Crippen LogP contribution in [0.2, 0.25) is 5.02 Å². The quantitative estimate of drug-likeness (QED) is 0.450. The van der Waals surface area contributed by atoms with Crippen LogP contribution in [0.1, 0.15) is 28.5 Å². The van der Waals surface area contributed by atoms with Gasteiger partial charge in [-0.05, 0) is 38.1 Å². The van der Waals surface area contributed by atoms with E-state index in [1.165, 1.54) is 6.92 Å². The van der Waals surface area contributed by atoms with Crippen LogP contribution in [-0.4, -0.2) is 22.0 Å². The number of carbonyl (C=O) groups excluding carboxylic acids is 2. The molecule has 0 bridgehead atoms. The molecule has 0 spiro atoms. The van der Waals surface area contributed by atoms with E-state index < -0.39 is 5.91 Å². The highest BCUT2D eigenvalue weighted by molar-refractivity contribution is 6.31. The lowest BCUT2D eigenvalue weighted by Crippen LogP contribution is -2.16. The van der Waals surface area contributed by atoms with Gasteiger partial charge in [0.15, 0.2) is 0 Å². The third kappa shape index (κ3) is 4.27. The van der Waals surface area contributed by atoms with E-state index in [2.05, 4.69) is 20.8 Å². The number of amides is 2. The average molecular weight is 435 g/mol. The predicted octanol–water partition coefficient (Wildman–Crippen LogP) is 5.37. The zero-order valence-corrected chi connectivity index (χ0v) is 17.9. The summed E-state index contributed by atoms with van der Waals surface area (Å²) >= 11 is 6.10. The molecule has 2 N–H and O–H groups in total. The van der Waals surface area contributed by atoms with E-state index >= 15 is 0 Å². The first kappa shape index (κ1) is 20.6. The molecule has 2 aromatic carbocycles. The van der Waals surface area contributed by atoms with Gasteiger partial charge in [-0.1, -0.05) is 46.6 Å². The number of carbonyl (C=O) groups is 2. The maximum absolute atomic E-state index is 13.3. The lowest BCUT2D eigenvalue weighted by Gasteiger charge is -2.13. The number of nitrogens with zero attached hydrogens (tertiary/aromatic N) is 2. The average Bonchev–Trinajstić information content (AvgIpc) is 3.10. The Morgan fingerprint density at radius 2 is 1.71 bits per heavy atom. The number of fused-ring (bicyclic) bond motifs is 1. The second-order valence-corrected chi connectivity index (χ2v) is 7.63. The number of benzene rings is 2. The van der Waals surface area contributed by atoms with Gasteiger partial charge in [0.2, 0.25) is 5.91 Å². The molecule has 0 fully saturated rings. The first-order valence-electron chi connectivity index (χ1n) is 9.54. The van der Waals surface area contributed by atoms with E-state index in [4.69, 9.17) is 16.1 Å². The van der Waals surface area contributed by atoms with Crippen LogP contribution in [0.25, 0.3) is 22.4 Å². The summed E-state index contributed by atoms with van der Waals surface area (Å²) in [5.41, 5.74) is 4.54. The Balaban J connectivity index is 1.79. The van der Waals surface area contributed by atoms with Crippen molar-refractivity contribution in [1.29, 1.82) is 0 Å². The zero-order valence-electron chi connectivity index (χ0n) is 17.1. The summed E-state index contributed by atoms with van der Waals surface area (Å²) in [5, 5.41) is 10.4. The summed E-state index contributed by atoms with van der Waals surface area (Å²) in [6.45, 7) is 5.13. The fraction of sp³-hybridized carbons (Fsp3) is 0.130. The van der Waals surface area contributed by atoms with Crippen molar-refractivity contribution in [3.05, 3.63) is 70.4 Å². The molecule has 0 radical (unpaired) electrons. The molecular weight excluding hydrogens is 416 g/mol. The highest BCUT2D eigenvalue weighted by Gasteiger charge is 2.20. The lowest BCUT2D eigenvalue weighted by molar-refractivity contribution is -0.114. The Hall–Kier alpha value is -3.71. The fourth-order valence-corrected chi connectivity index (χ4v) is 3.43. The van der Waals surface area contributed by atoms with E-state index in [1.54, 1.807) is 31.2 Å². The Morgan fingerprint density at radius 3 is 2.42 bits per heavy atom. The summed E-state index contributed by atoms with van der Waals surface area (Å²) in [5.74, 6) is -0.665. The van der Waals surface area contributed by atoms with E-state index in [1.807, 2.05) is 31.2 Å². The molecule has 4 rings (SSSR count). The smallest absolute Gasteiger partial charge is 0.259 e. The van der Waals surface area contributed by atoms with E-state index in [0.29, 0.717) is 38.7 Å². The molecule has 0 aliphatic rings. The van der Waals surface area contributed by atoms with Gasteiger partial charge in [-0.15, -0.1) is 0 Å². The van der Waals surface area contributed by atoms with Crippen LogP contribution in [0.4, 0.5) is 11.4 Å². The number of nitrogens with one attached hydrogen (secondary N) is 2. The molecule has 0 atom stereocenters. The van der Waals surface area contributed by atoms with Crippen LogP contribution in [0.5, 0.6) is 0 Å². The predicted molar refractivity (Wildman–Crippen MR) is 120 cm³/mol. The molecule has 2 amide bonds. The number of aryl methyl sites for hydroxylation is 2. The molecule has 0 saturated carbocycles. The van der Waals surface area contributed by atoms with Gasteiger partial charge in [-0.3, -0.25) is 9.59 Å². The van der Waals surface area contributed by atoms with E-state index in [9.17, 15) is 9.59 Å². The Labute approximate surface area is 183 Å². The van der Waals surface area contributed by atoms with Gasteiger partial charge in [0, 0.05) is 17.5 Å². The van der Waals surface area contributed by atoms with Gasteiger partial charge in [0.05, 0.1) is 33.7 Å². The summed E-state index contributed by atoms with van der Waals surface area (Å²) in [4.78, 5) is 29.4. The first-order chi connectivity index (χ1) is 14.8. The third-order valence-electron chi connectivity index (χ3n) is 4.75. The van der Waals surface area contributed by atoms with Gasteiger partial charge >= 0.3 is 0 Å². The first-order valence-corrected chi connectivity index (χ1v) is 9.92. The molecule has 156 valence electrons. The van der Waals surface area contributed by atoms with Crippen molar-refractivity contribution in [2.24, 2.45) is 0 Å². The molecule has 8 heteroatoms. The number of pyridine rings is 1. The summed E-state index contributed by atoms with van der Waals surface area (Å²) in [7, 11) is 0. The zero-order chi connectivity index (χ0) is 22.1. The maximum atomic E-state index is 13.3. The molecule has 4 aromatic rings. The Bertz CT molecular complexity index is 1310. The number of hydrogen-bond acceptors (Lipinski definition) is 5. The number of anilines is 2. The minimum Gasteiger partial charge on any atom is -0.335 e. The minimum atomic E-state index is -0.402. The molecule has 0 aliphatic heterocycles. The van der Waals surface area contributed by atoms with Gasteiger partial charge in [0.1, 0.15) is 0 Å². The van der Waals surface area contributed by atoms with Crippen molar-refractivity contribution in [3.63, 3.8) is 0 Å². The second-order valence-electron chi connectivity index (χ2n) is 7.19. The third-order valence-corrected chi connectivity index (χ3v) is 4.98. The number of hydrogen-bond donors (Lipinski definition) is 2. The standard InChI is InChI=1S/C23H19ClN4O3/c1-12-4-6-15(7-5-12)19-11-17(21-13(2)28-31-23(21)27-19)22(30)26-20-10-16(24)8-9-18(20)25-14(3)29/h4-11H,1-3H3,(H,25,29)(H,26,30). The molecule has 0 aliphatic carbocycles. The molecule has 2 aromatic heterocycles. The summed E-state index contributed by atoms with van der Waals surface area (Å²) in [6, 6.07) is 14.3. The SMILES string of the molecule is CC(=O)Nc1ccc(Cl)cc1NC(=O)c1cc(-c2ccc(C)cc2)nc2onc(C)c12. The molecular formula is C23H19ClN4O3. The normalized spacial score (nSPS) is 10.8. The highest BCUT2D eigenvalue weighted by Crippen LogP contribution is 2.30. The van der Waals surface area contributed by atoms with Crippen LogP contribution in [0.3, 0.4) is 0 Å². The summed E-state index contributed by atoms with van der Waals surface area (Å²) in [6.07, 6.45) is 0. The molecule has 0 unspecified atom stereocenters.